The quantitative estimate of drug-likeness (QED) is 0.692. The highest BCUT2D eigenvalue weighted by atomic mass is 32.1. The highest BCUT2D eigenvalue weighted by Gasteiger charge is 2.29. The lowest BCUT2D eigenvalue weighted by Gasteiger charge is -2.05. The summed E-state index contributed by atoms with van der Waals surface area (Å²) in [5, 5.41) is 2.09. The maximum atomic E-state index is 5.96. The number of rotatable bonds is 2. The Morgan fingerprint density at radius 2 is 2.40 bits per heavy atom. The van der Waals surface area contributed by atoms with Crippen LogP contribution in [-0.2, 0) is 0 Å². The standard InChI is InChI=1S/C8H11NS/c9-8(6-3-4-6)7-2-1-5-10-7/h1-2,5-6,8H,3-4,9H2/t8-/m1/s1. The van der Waals surface area contributed by atoms with Gasteiger partial charge in [-0.05, 0) is 30.2 Å². The van der Waals surface area contributed by atoms with Gasteiger partial charge in [-0.25, -0.2) is 0 Å². The van der Waals surface area contributed by atoms with Gasteiger partial charge in [0.15, 0.2) is 0 Å². The van der Waals surface area contributed by atoms with E-state index in [2.05, 4.69) is 17.5 Å². The van der Waals surface area contributed by atoms with Crippen LogP contribution in [-0.4, -0.2) is 0 Å². The molecule has 1 saturated carbocycles. The van der Waals surface area contributed by atoms with Gasteiger partial charge >= 0.3 is 0 Å². The Labute approximate surface area is 64.9 Å². The molecular formula is C8H11NS. The van der Waals surface area contributed by atoms with E-state index in [1.54, 1.807) is 11.3 Å². The molecule has 2 N–H and O–H groups in total. The van der Waals surface area contributed by atoms with Gasteiger partial charge in [0.25, 0.3) is 0 Å². The molecule has 1 aromatic rings. The zero-order valence-corrected chi connectivity index (χ0v) is 6.60. The van der Waals surface area contributed by atoms with Crippen LogP contribution in [0.4, 0.5) is 0 Å². The summed E-state index contributed by atoms with van der Waals surface area (Å²) < 4.78 is 0. The van der Waals surface area contributed by atoms with E-state index in [9.17, 15) is 0 Å². The van der Waals surface area contributed by atoms with Crippen molar-refractivity contribution in [3.63, 3.8) is 0 Å². The third-order valence-corrected chi connectivity index (χ3v) is 2.98. The molecule has 0 aromatic carbocycles. The second-order valence-electron chi connectivity index (χ2n) is 2.88. The first kappa shape index (κ1) is 6.38. The summed E-state index contributed by atoms with van der Waals surface area (Å²) in [5.41, 5.74) is 5.96. The maximum absolute atomic E-state index is 5.96. The van der Waals surface area contributed by atoms with Gasteiger partial charge in [0.05, 0.1) is 0 Å². The highest BCUT2D eigenvalue weighted by Crippen LogP contribution is 2.40. The number of hydrogen-bond donors (Lipinski definition) is 1. The minimum atomic E-state index is 0.333. The molecule has 1 heterocycles. The molecule has 54 valence electrons. The van der Waals surface area contributed by atoms with Crippen LogP contribution in [0, 0.1) is 5.92 Å². The number of nitrogens with two attached hydrogens (primary N) is 1. The van der Waals surface area contributed by atoms with Crippen molar-refractivity contribution in [1.29, 1.82) is 0 Å². The molecule has 1 fully saturated rings. The molecule has 0 bridgehead atoms. The summed E-state index contributed by atoms with van der Waals surface area (Å²) in [4.78, 5) is 1.35. The van der Waals surface area contributed by atoms with Crippen molar-refractivity contribution in [2.75, 3.05) is 0 Å². The SMILES string of the molecule is N[C@@H](c1cccs1)C1CC1. The van der Waals surface area contributed by atoms with E-state index in [0.29, 0.717) is 6.04 Å². The Balaban J connectivity index is 2.11. The van der Waals surface area contributed by atoms with Crippen LogP contribution >= 0.6 is 11.3 Å². The molecule has 0 radical (unpaired) electrons. The first-order valence-electron chi connectivity index (χ1n) is 3.67. The topological polar surface area (TPSA) is 26.0 Å². The molecule has 0 aliphatic heterocycles. The average Bonchev–Trinajstić information content (AvgIpc) is 2.65. The van der Waals surface area contributed by atoms with Crippen LogP contribution in [0.5, 0.6) is 0 Å². The molecule has 0 spiro atoms. The van der Waals surface area contributed by atoms with Crippen molar-refractivity contribution in [3.8, 4) is 0 Å². The van der Waals surface area contributed by atoms with Crippen molar-refractivity contribution in [3.05, 3.63) is 22.4 Å². The molecule has 1 aromatic heterocycles. The zero-order valence-electron chi connectivity index (χ0n) is 5.79. The van der Waals surface area contributed by atoms with E-state index in [1.165, 1.54) is 17.7 Å². The number of thiophene rings is 1. The van der Waals surface area contributed by atoms with E-state index >= 15 is 0 Å². The van der Waals surface area contributed by atoms with Gasteiger partial charge in [-0.3, -0.25) is 0 Å². The van der Waals surface area contributed by atoms with E-state index in [1.807, 2.05) is 0 Å². The summed E-state index contributed by atoms with van der Waals surface area (Å²) in [6.07, 6.45) is 2.66. The second kappa shape index (κ2) is 2.36. The Bertz CT molecular complexity index is 201. The molecule has 0 saturated heterocycles. The fraction of sp³-hybridized carbons (Fsp3) is 0.500. The molecular weight excluding hydrogens is 142 g/mol. The van der Waals surface area contributed by atoms with Crippen molar-refractivity contribution >= 4 is 11.3 Å². The summed E-state index contributed by atoms with van der Waals surface area (Å²) in [7, 11) is 0. The lowest BCUT2D eigenvalue weighted by molar-refractivity contribution is 0.645. The molecule has 1 atom stereocenters. The molecule has 0 amide bonds. The van der Waals surface area contributed by atoms with Gasteiger partial charge in [0.1, 0.15) is 0 Å². The maximum Gasteiger partial charge on any atom is 0.0418 e. The monoisotopic (exact) mass is 153 g/mol. The fourth-order valence-electron chi connectivity index (χ4n) is 1.17. The van der Waals surface area contributed by atoms with Gasteiger partial charge in [-0.2, -0.15) is 0 Å². The normalized spacial score (nSPS) is 20.9. The summed E-state index contributed by atoms with van der Waals surface area (Å²) in [6, 6.07) is 4.54. The third kappa shape index (κ3) is 1.09. The van der Waals surface area contributed by atoms with E-state index in [0.717, 1.165) is 5.92 Å². The smallest absolute Gasteiger partial charge is 0.0418 e. The van der Waals surface area contributed by atoms with E-state index < -0.39 is 0 Å². The van der Waals surface area contributed by atoms with Gasteiger partial charge < -0.3 is 5.73 Å². The van der Waals surface area contributed by atoms with Gasteiger partial charge in [-0.15, -0.1) is 11.3 Å². The number of hydrogen-bond acceptors (Lipinski definition) is 2. The second-order valence-corrected chi connectivity index (χ2v) is 3.86. The van der Waals surface area contributed by atoms with Gasteiger partial charge in [-0.1, -0.05) is 6.07 Å². The van der Waals surface area contributed by atoms with Crippen molar-refractivity contribution < 1.29 is 0 Å². The van der Waals surface area contributed by atoms with Gasteiger partial charge in [0, 0.05) is 10.9 Å². The third-order valence-electron chi connectivity index (χ3n) is 2.00. The minimum Gasteiger partial charge on any atom is -0.323 e. The van der Waals surface area contributed by atoms with Crippen LogP contribution in [0.2, 0.25) is 0 Å². The largest absolute Gasteiger partial charge is 0.323 e. The molecule has 0 unspecified atom stereocenters. The molecule has 1 aliphatic rings. The zero-order chi connectivity index (χ0) is 6.97. The molecule has 2 heteroatoms. The average molecular weight is 153 g/mol. The van der Waals surface area contributed by atoms with Crippen LogP contribution in [0.1, 0.15) is 23.8 Å². The summed E-state index contributed by atoms with van der Waals surface area (Å²) in [6.45, 7) is 0. The predicted octanol–water partition coefficient (Wildman–Crippen LogP) is 2.16. The van der Waals surface area contributed by atoms with E-state index in [-0.39, 0.29) is 0 Å². The van der Waals surface area contributed by atoms with Crippen LogP contribution in [0.25, 0.3) is 0 Å². The lowest BCUT2D eigenvalue weighted by Crippen LogP contribution is -2.10. The first-order chi connectivity index (χ1) is 4.88. The molecule has 1 aliphatic carbocycles. The summed E-state index contributed by atoms with van der Waals surface area (Å²) >= 11 is 1.77. The molecule has 10 heavy (non-hydrogen) atoms. The Morgan fingerprint density at radius 1 is 1.60 bits per heavy atom. The van der Waals surface area contributed by atoms with Crippen LogP contribution < -0.4 is 5.73 Å². The highest BCUT2D eigenvalue weighted by molar-refractivity contribution is 7.10. The van der Waals surface area contributed by atoms with Crippen LogP contribution in [0.3, 0.4) is 0 Å². The first-order valence-corrected chi connectivity index (χ1v) is 4.55. The molecule has 2 rings (SSSR count). The van der Waals surface area contributed by atoms with Gasteiger partial charge in [0.2, 0.25) is 0 Å². The Hall–Kier alpha value is -0.340. The van der Waals surface area contributed by atoms with Crippen LogP contribution in [0.15, 0.2) is 17.5 Å². The summed E-state index contributed by atoms with van der Waals surface area (Å²) in [5.74, 6) is 0.790. The lowest BCUT2D eigenvalue weighted by atomic mass is 10.2. The van der Waals surface area contributed by atoms with Crippen molar-refractivity contribution in [2.24, 2.45) is 11.7 Å². The fourth-order valence-corrected chi connectivity index (χ4v) is 1.99. The Kier molecular flexibility index (Phi) is 1.51. The van der Waals surface area contributed by atoms with Crippen molar-refractivity contribution in [1.82, 2.24) is 0 Å². The van der Waals surface area contributed by atoms with E-state index in [4.69, 9.17) is 5.73 Å². The Morgan fingerprint density at radius 3 is 2.90 bits per heavy atom. The predicted molar refractivity (Wildman–Crippen MR) is 44.0 cm³/mol. The minimum absolute atomic E-state index is 0.333. The molecule has 1 nitrogen and oxygen atoms in total. The van der Waals surface area contributed by atoms with Crippen molar-refractivity contribution in [2.45, 2.75) is 18.9 Å².